The number of carbonyl (C=O) groups excluding carboxylic acids is 1. The first-order valence-electron chi connectivity index (χ1n) is 7.32. The summed E-state index contributed by atoms with van der Waals surface area (Å²) in [7, 11) is 0. The lowest BCUT2D eigenvalue weighted by Gasteiger charge is -2.22. The van der Waals surface area contributed by atoms with Crippen LogP contribution in [0.2, 0.25) is 5.02 Å². The summed E-state index contributed by atoms with van der Waals surface area (Å²) < 4.78 is 10.5. The molecule has 1 amide bonds. The zero-order valence-corrected chi connectivity index (χ0v) is 12.5. The molecule has 0 radical (unpaired) electrons. The number of anilines is 1. The highest BCUT2D eigenvalue weighted by atomic mass is 35.5. The van der Waals surface area contributed by atoms with E-state index in [9.17, 15) is 4.79 Å². The van der Waals surface area contributed by atoms with Crippen LogP contribution >= 0.6 is 11.6 Å². The number of amides is 1. The van der Waals surface area contributed by atoms with Crippen molar-refractivity contribution < 1.29 is 14.3 Å². The van der Waals surface area contributed by atoms with E-state index in [0.29, 0.717) is 34.5 Å². The standard InChI is InChI=1S/C15H19ClN2O3/c16-11-6-13-14(21-9-20-13)7-12(11)18-15(19)4-3-10-2-1-5-17-8-10/h6-7,10,17H,1-5,8-9H2,(H,18,19). The summed E-state index contributed by atoms with van der Waals surface area (Å²) in [4.78, 5) is 12.0. The Morgan fingerprint density at radius 3 is 2.95 bits per heavy atom. The summed E-state index contributed by atoms with van der Waals surface area (Å²) in [5.41, 5.74) is 0.577. The molecule has 1 fully saturated rings. The molecule has 2 N–H and O–H groups in total. The lowest BCUT2D eigenvalue weighted by Crippen LogP contribution is -2.30. The molecule has 6 heteroatoms. The molecule has 0 aliphatic carbocycles. The van der Waals surface area contributed by atoms with E-state index in [1.165, 1.54) is 12.8 Å². The summed E-state index contributed by atoms with van der Waals surface area (Å²) in [5, 5.41) is 6.68. The summed E-state index contributed by atoms with van der Waals surface area (Å²) >= 11 is 6.14. The Morgan fingerprint density at radius 1 is 1.38 bits per heavy atom. The highest BCUT2D eigenvalue weighted by Crippen LogP contribution is 2.39. The van der Waals surface area contributed by atoms with Gasteiger partial charge in [0.1, 0.15) is 0 Å². The number of fused-ring (bicyclic) bond motifs is 1. The molecule has 0 bridgehead atoms. The first kappa shape index (κ1) is 14.5. The molecule has 1 unspecified atom stereocenters. The fourth-order valence-corrected chi connectivity index (χ4v) is 2.93. The predicted octanol–water partition coefficient (Wildman–Crippen LogP) is 2.79. The van der Waals surface area contributed by atoms with Crippen molar-refractivity contribution in [2.24, 2.45) is 5.92 Å². The highest BCUT2D eigenvalue weighted by molar-refractivity contribution is 6.34. The van der Waals surface area contributed by atoms with Crippen molar-refractivity contribution in [3.8, 4) is 11.5 Å². The van der Waals surface area contributed by atoms with Crippen molar-refractivity contribution in [1.29, 1.82) is 0 Å². The maximum absolute atomic E-state index is 12.0. The van der Waals surface area contributed by atoms with Crippen LogP contribution in [-0.4, -0.2) is 25.8 Å². The molecule has 21 heavy (non-hydrogen) atoms. The summed E-state index contributed by atoms with van der Waals surface area (Å²) in [6.45, 7) is 2.30. The van der Waals surface area contributed by atoms with E-state index in [4.69, 9.17) is 21.1 Å². The maximum atomic E-state index is 12.0. The normalized spacial score (nSPS) is 20.3. The Balaban J connectivity index is 1.54. The van der Waals surface area contributed by atoms with Crippen molar-refractivity contribution in [3.63, 3.8) is 0 Å². The first-order chi connectivity index (χ1) is 10.2. The maximum Gasteiger partial charge on any atom is 0.231 e. The molecule has 1 aromatic rings. The Bertz CT molecular complexity index is 530. The average molecular weight is 311 g/mol. The molecule has 0 saturated carbocycles. The molecule has 1 atom stereocenters. The number of piperidine rings is 1. The number of hydrogen-bond donors (Lipinski definition) is 2. The van der Waals surface area contributed by atoms with E-state index in [1.807, 2.05) is 0 Å². The van der Waals surface area contributed by atoms with Gasteiger partial charge in [-0.2, -0.15) is 0 Å². The van der Waals surface area contributed by atoms with Gasteiger partial charge < -0.3 is 20.1 Å². The quantitative estimate of drug-likeness (QED) is 0.898. The van der Waals surface area contributed by atoms with Gasteiger partial charge in [0.25, 0.3) is 0 Å². The number of halogens is 1. The van der Waals surface area contributed by atoms with E-state index in [1.54, 1.807) is 12.1 Å². The van der Waals surface area contributed by atoms with Crippen LogP contribution in [0, 0.1) is 5.92 Å². The molecular formula is C15H19ClN2O3. The fraction of sp³-hybridized carbons (Fsp3) is 0.533. The minimum atomic E-state index is -0.0126. The van der Waals surface area contributed by atoms with E-state index in [2.05, 4.69) is 10.6 Å². The first-order valence-corrected chi connectivity index (χ1v) is 7.70. The van der Waals surface area contributed by atoms with Gasteiger partial charge in [0.05, 0.1) is 10.7 Å². The van der Waals surface area contributed by atoms with Crippen LogP contribution in [0.4, 0.5) is 5.69 Å². The Morgan fingerprint density at radius 2 is 2.19 bits per heavy atom. The Labute approximate surface area is 128 Å². The van der Waals surface area contributed by atoms with Gasteiger partial charge in [-0.05, 0) is 38.3 Å². The van der Waals surface area contributed by atoms with E-state index in [0.717, 1.165) is 19.5 Å². The van der Waals surface area contributed by atoms with Gasteiger partial charge in [-0.1, -0.05) is 11.6 Å². The van der Waals surface area contributed by atoms with Crippen molar-refractivity contribution in [2.75, 3.05) is 25.2 Å². The summed E-state index contributed by atoms with van der Waals surface area (Å²) in [6, 6.07) is 3.38. The molecule has 3 rings (SSSR count). The van der Waals surface area contributed by atoms with E-state index in [-0.39, 0.29) is 12.7 Å². The van der Waals surface area contributed by atoms with Crippen LogP contribution in [0.3, 0.4) is 0 Å². The second kappa shape index (κ2) is 6.54. The zero-order chi connectivity index (χ0) is 14.7. The smallest absolute Gasteiger partial charge is 0.231 e. The lowest BCUT2D eigenvalue weighted by molar-refractivity contribution is -0.116. The molecule has 2 heterocycles. The molecule has 2 aliphatic heterocycles. The van der Waals surface area contributed by atoms with Crippen LogP contribution in [0.5, 0.6) is 11.5 Å². The fourth-order valence-electron chi connectivity index (χ4n) is 2.73. The molecule has 5 nitrogen and oxygen atoms in total. The Hall–Kier alpha value is -1.46. The minimum Gasteiger partial charge on any atom is -0.454 e. The van der Waals surface area contributed by atoms with Gasteiger partial charge in [-0.15, -0.1) is 0 Å². The second-order valence-electron chi connectivity index (χ2n) is 5.48. The number of rotatable bonds is 4. The van der Waals surface area contributed by atoms with Gasteiger partial charge in [0.2, 0.25) is 12.7 Å². The van der Waals surface area contributed by atoms with Crippen LogP contribution in [-0.2, 0) is 4.79 Å². The summed E-state index contributed by atoms with van der Waals surface area (Å²) in [5.74, 6) is 1.82. The van der Waals surface area contributed by atoms with Crippen LogP contribution < -0.4 is 20.1 Å². The highest BCUT2D eigenvalue weighted by Gasteiger charge is 2.18. The molecule has 1 saturated heterocycles. The number of carbonyl (C=O) groups is 1. The molecule has 2 aliphatic rings. The third-order valence-electron chi connectivity index (χ3n) is 3.91. The molecule has 114 valence electrons. The lowest BCUT2D eigenvalue weighted by atomic mass is 9.94. The van der Waals surface area contributed by atoms with Crippen LogP contribution in [0.1, 0.15) is 25.7 Å². The number of hydrogen-bond acceptors (Lipinski definition) is 4. The van der Waals surface area contributed by atoms with Gasteiger partial charge >= 0.3 is 0 Å². The summed E-state index contributed by atoms with van der Waals surface area (Å²) in [6.07, 6.45) is 3.81. The van der Waals surface area contributed by atoms with E-state index < -0.39 is 0 Å². The van der Waals surface area contributed by atoms with Crippen molar-refractivity contribution in [1.82, 2.24) is 5.32 Å². The van der Waals surface area contributed by atoms with Crippen LogP contribution in [0.15, 0.2) is 12.1 Å². The monoisotopic (exact) mass is 310 g/mol. The topological polar surface area (TPSA) is 59.6 Å². The number of nitrogens with one attached hydrogen (secondary N) is 2. The molecule has 0 spiro atoms. The van der Waals surface area contributed by atoms with Crippen LogP contribution in [0.25, 0.3) is 0 Å². The second-order valence-corrected chi connectivity index (χ2v) is 5.89. The third-order valence-corrected chi connectivity index (χ3v) is 4.23. The van der Waals surface area contributed by atoms with Gasteiger partial charge in [0.15, 0.2) is 11.5 Å². The average Bonchev–Trinajstić information content (AvgIpc) is 2.94. The van der Waals surface area contributed by atoms with Gasteiger partial charge in [-0.25, -0.2) is 0 Å². The van der Waals surface area contributed by atoms with Gasteiger partial charge in [0, 0.05) is 18.6 Å². The number of ether oxygens (including phenoxy) is 2. The number of benzene rings is 1. The predicted molar refractivity (Wildman–Crippen MR) is 81.0 cm³/mol. The van der Waals surface area contributed by atoms with Gasteiger partial charge in [-0.3, -0.25) is 4.79 Å². The van der Waals surface area contributed by atoms with Crippen molar-refractivity contribution in [2.45, 2.75) is 25.7 Å². The molecule has 1 aromatic carbocycles. The largest absolute Gasteiger partial charge is 0.454 e. The molecule has 0 aromatic heterocycles. The SMILES string of the molecule is O=C(CCC1CCCNC1)Nc1cc2c(cc1Cl)OCO2. The Kier molecular flexibility index (Phi) is 4.51. The van der Waals surface area contributed by atoms with Crippen molar-refractivity contribution in [3.05, 3.63) is 17.2 Å². The van der Waals surface area contributed by atoms with Crippen molar-refractivity contribution >= 4 is 23.2 Å². The third kappa shape index (κ3) is 3.60. The minimum absolute atomic E-state index is 0.0126. The molecular weight excluding hydrogens is 292 g/mol. The van der Waals surface area contributed by atoms with E-state index >= 15 is 0 Å². The zero-order valence-electron chi connectivity index (χ0n) is 11.8.